The number of carbonyl (C=O) groups excluding carboxylic acids is 1. The highest BCUT2D eigenvalue weighted by atomic mass is 32.2. The Balaban J connectivity index is 1.75. The summed E-state index contributed by atoms with van der Waals surface area (Å²) in [5.41, 5.74) is 1.97. The van der Waals surface area contributed by atoms with Gasteiger partial charge < -0.3 is 10.2 Å². The third-order valence-electron chi connectivity index (χ3n) is 3.33. The molecule has 0 radical (unpaired) electrons. The Morgan fingerprint density at radius 2 is 2.15 bits per heavy atom. The molecule has 1 aliphatic heterocycles. The minimum atomic E-state index is -0.0114. The van der Waals surface area contributed by atoms with E-state index in [0.717, 1.165) is 23.5 Å². The minimum Gasteiger partial charge on any atom is -0.308 e. The van der Waals surface area contributed by atoms with Crippen LogP contribution in [0, 0.1) is 6.92 Å². The molecule has 1 aromatic heterocycles. The van der Waals surface area contributed by atoms with Crippen molar-refractivity contribution in [1.82, 2.24) is 4.90 Å². The number of carbonyl (C=O) groups is 1. The summed E-state index contributed by atoms with van der Waals surface area (Å²) in [4.78, 5) is 15.6. The smallest absolute Gasteiger partial charge is 0.308 e. The Morgan fingerprint density at radius 3 is 2.90 bits per heavy atom. The molecule has 0 spiro atoms. The van der Waals surface area contributed by atoms with Gasteiger partial charge in [-0.05, 0) is 30.0 Å². The van der Waals surface area contributed by atoms with E-state index in [9.17, 15) is 4.79 Å². The van der Waals surface area contributed by atoms with Crippen LogP contribution < -0.4 is 5.32 Å². The van der Waals surface area contributed by atoms with Crippen LogP contribution in [0.4, 0.5) is 10.5 Å². The van der Waals surface area contributed by atoms with E-state index in [4.69, 9.17) is 0 Å². The number of amides is 2. The molecular formula is C15H16N2OS2. The Morgan fingerprint density at radius 1 is 1.30 bits per heavy atom. The number of aryl methyl sites for hydroxylation is 1. The van der Waals surface area contributed by atoms with Crippen molar-refractivity contribution in [3.8, 4) is 0 Å². The molecule has 1 atom stereocenters. The van der Waals surface area contributed by atoms with Gasteiger partial charge >= 0.3 is 6.03 Å². The number of nitrogens with zero attached hydrogens (tertiary/aromatic N) is 1. The molecule has 5 heteroatoms. The third kappa shape index (κ3) is 2.69. The number of para-hydroxylation sites is 1. The molecule has 1 fully saturated rings. The van der Waals surface area contributed by atoms with Crippen LogP contribution in [-0.4, -0.2) is 23.2 Å². The summed E-state index contributed by atoms with van der Waals surface area (Å²) < 4.78 is 0. The van der Waals surface area contributed by atoms with Crippen LogP contribution in [0.2, 0.25) is 0 Å². The quantitative estimate of drug-likeness (QED) is 0.895. The number of urea groups is 1. The van der Waals surface area contributed by atoms with Gasteiger partial charge in [-0.1, -0.05) is 24.3 Å². The monoisotopic (exact) mass is 304 g/mol. The molecule has 2 heterocycles. The number of benzene rings is 1. The Bertz CT molecular complexity index is 598. The van der Waals surface area contributed by atoms with E-state index in [2.05, 4.69) is 16.8 Å². The highest BCUT2D eigenvalue weighted by Gasteiger charge is 2.31. The Kier molecular flexibility index (Phi) is 3.98. The van der Waals surface area contributed by atoms with Crippen molar-refractivity contribution in [2.75, 3.05) is 17.6 Å². The fourth-order valence-corrected chi connectivity index (χ4v) is 4.48. The van der Waals surface area contributed by atoms with Gasteiger partial charge in [0, 0.05) is 22.9 Å². The molecule has 0 saturated carbocycles. The van der Waals surface area contributed by atoms with Crippen LogP contribution in [0.25, 0.3) is 0 Å². The molecule has 3 nitrogen and oxygen atoms in total. The first-order valence-corrected chi connectivity index (χ1v) is 8.47. The first kappa shape index (κ1) is 13.5. The number of thioether (sulfide) groups is 1. The highest BCUT2D eigenvalue weighted by molar-refractivity contribution is 7.99. The van der Waals surface area contributed by atoms with Crippen molar-refractivity contribution in [1.29, 1.82) is 0 Å². The Labute approximate surface area is 127 Å². The minimum absolute atomic E-state index is 0.0114. The van der Waals surface area contributed by atoms with Crippen molar-refractivity contribution >= 4 is 34.8 Å². The number of hydrogen-bond donors (Lipinski definition) is 1. The number of thiophene rings is 1. The number of anilines is 1. The van der Waals surface area contributed by atoms with Gasteiger partial charge in [-0.3, -0.25) is 0 Å². The zero-order chi connectivity index (χ0) is 13.9. The fraction of sp³-hybridized carbons (Fsp3) is 0.267. The van der Waals surface area contributed by atoms with Crippen LogP contribution in [0.15, 0.2) is 41.8 Å². The van der Waals surface area contributed by atoms with Crippen LogP contribution in [0.5, 0.6) is 0 Å². The van der Waals surface area contributed by atoms with Crippen molar-refractivity contribution in [2.45, 2.75) is 12.3 Å². The molecule has 1 N–H and O–H groups in total. The Hall–Kier alpha value is -1.46. The number of hydrogen-bond acceptors (Lipinski definition) is 3. The third-order valence-corrected chi connectivity index (χ3v) is 5.64. The lowest BCUT2D eigenvalue weighted by molar-refractivity contribution is 0.215. The molecule has 104 valence electrons. The molecular weight excluding hydrogens is 288 g/mol. The summed E-state index contributed by atoms with van der Waals surface area (Å²) >= 11 is 3.54. The lowest BCUT2D eigenvalue weighted by Gasteiger charge is -2.23. The van der Waals surface area contributed by atoms with E-state index in [1.54, 1.807) is 11.3 Å². The molecule has 20 heavy (non-hydrogen) atoms. The van der Waals surface area contributed by atoms with Gasteiger partial charge in [0.2, 0.25) is 0 Å². The predicted molar refractivity (Wildman–Crippen MR) is 86.4 cm³/mol. The molecule has 1 aromatic carbocycles. The SMILES string of the molecule is Cc1ccccc1NC(=O)N1CCSC1c1cccs1. The van der Waals surface area contributed by atoms with E-state index >= 15 is 0 Å². The van der Waals surface area contributed by atoms with E-state index in [-0.39, 0.29) is 11.4 Å². The maximum absolute atomic E-state index is 12.5. The number of rotatable bonds is 2. The summed E-state index contributed by atoms with van der Waals surface area (Å²) in [6, 6.07) is 12.0. The largest absolute Gasteiger partial charge is 0.323 e. The molecule has 0 bridgehead atoms. The molecule has 2 amide bonds. The lowest BCUT2D eigenvalue weighted by Crippen LogP contribution is -2.34. The molecule has 3 rings (SSSR count). The van der Waals surface area contributed by atoms with Crippen molar-refractivity contribution < 1.29 is 4.79 Å². The van der Waals surface area contributed by atoms with Crippen LogP contribution in [0.3, 0.4) is 0 Å². The first-order chi connectivity index (χ1) is 9.75. The first-order valence-electron chi connectivity index (χ1n) is 6.54. The van der Waals surface area contributed by atoms with Crippen LogP contribution in [-0.2, 0) is 0 Å². The predicted octanol–water partition coefficient (Wildman–Crippen LogP) is 4.34. The highest BCUT2D eigenvalue weighted by Crippen LogP contribution is 2.40. The fourth-order valence-electron chi connectivity index (χ4n) is 2.25. The average Bonchev–Trinajstić information content (AvgIpc) is 3.11. The van der Waals surface area contributed by atoms with Gasteiger partial charge in [0.05, 0.1) is 0 Å². The molecule has 1 unspecified atom stereocenters. The van der Waals surface area contributed by atoms with Crippen molar-refractivity contribution in [3.63, 3.8) is 0 Å². The van der Waals surface area contributed by atoms with Gasteiger partial charge in [0.25, 0.3) is 0 Å². The lowest BCUT2D eigenvalue weighted by atomic mass is 10.2. The zero-order valence-electron chi connectivity index (χ0n) is 11.2. The van der Waals surface area contributed by atoms with Crippen molar-refractivity contribution in [2.24, 2.45) is 0 Å². The van der Waals surface area contributed by atoms with E-state index in [0.29, 0.717) is 0 Å². The second-order valence-electron chi connectivity index (χ2n) is 4.68. The van der Waals surface area contributed by atoms with Crippen molar-refractivity contribution in [3.05, 3.63) is 52.2 Å². The summed E-state index contributed by atoms with van der Waals surface area (Å²) in [5, 5.41) is 5.24. The molecule has 2 aromatic rings. The van der Waals surface area contributed by atoms with E-state index < -0.39 is 0 Å². The van der Waals surface area contributed by atoms with Crippen LogP contribution in [0.1, 0.15) is 15.8 Å². The summed E-state index contributed by atoms with van der Waals surface area (Å²) in [5.74, 6) is 0.990. The average molecular weight is 304 g/mol. The molecule has 1 aliphatic rings. The van der Waals surface area contributed by atoms with E-state index in [1.807, 2.05) is 53.9 Å². The standard InChI is InChI=1S/C15H16N2OS2/c1-11-5-2-3-6-12(11)16-15(18)17-8-10-20-14(17)13-7-4-9-19-13/h2-7,9,14H,8,10H2,1H3,(H,16,18). The van der Waals surface area contributed by atoms with Gasteiger partial charge in [0.15, 0.2) is 0 Å². The normalized spacial score (nSPS) is 18.2. The second-order valence-corrected chi connectivity index (χ2v) is 6.84. The zero-order valence-corrected chi connectivity index (χ0v) is 12.8. The maximum atomic E-state index is 12.5. The number of nitrogens with one attached hydrogen (secondary N) is 1. The summed E-state index contributed by atoms with van der Waals surface area (Å²) in [6.07, 6.45) is 0. The molecule has 0 aliphatic carbocycles. The van der Waals surface area contributed by atoms with Gasteiger partial charge in [0.1, 0.15) is 5.37 Å². The maximum Gasteiger partial charge on any atom is 0.323 e. The van der Waals surface area contributed by atoms with Crippen LogP contribution >= 0.6 is 23.1 Å². The topological polar surface area (TPSA) is 32.3 Å². The van der Waals surface area contributed by atoms with Gasteiger partial charge in [-0.2, -0.15) is 0 Å². The van der Waals surface area contributed by atoms with Gasteiger partial charge in [-0.15, -0.1) is 23.1 Å². The summed E-state index contributed by atoms with van der Waals surface area (Å²) in [6.45, 7) is 2.80. The second kappa shape index (κ2) is 5.89. The molecule has 1 saturated heterocycles. The summed E-state index contributed by atoms with van der Waals surface area (Å²) in [7, 11) is 0. The van der Waals surface area contributed by atoms with E-state index in [1.165, 1.54) is 4.88 Å². The van der Waals surface area contributed by atoms with Gasteiger partial charge in [-0.25, -0.2) is 4.79 Å².